The van der Waals surface area contributed by atoms with Crippen LogP contribution in [0.25, 0.3) is 0 Å². The molecule has 2 heterocycles. The Kier molecular flexibility index (Phi) is 38.4. The van der Waals surface area contributed by atoms with E-state index in [4.69, 9.17) is 84.7 Å². The van der Waals surface area contributed by atoms with Crippen molar-refractivity contribution in [2.75, 3.05) is 54.7 Å². The summed E-state index contributed by atoms with van der Waals surface area (Å²) in [5.41, 5.74) is 11.6. The van der Waals surface area contributed by atoms with Crippen molar-refractivity contribution in [3.8, 4) is 23.3 Å². The van der Waals surface area contributed by atoms with Gasteiger partial charge in [0.1, 0.15) is 23.9 Å². The van der Waals surface area contributed by atoms with Crippen molar-refractivity contribution in [3.63, 3.8) is 0 Å². The molecule has 6 aromatic rings. The van der Waals surface area contributed by atoms with Gasteiger partial charge in [-0.3, -0.25) is 34.2 Å². The maximum atomic E-state index is 13.0. The minimum absolute atomic E-state index is 0.0213. The number of amides is 3. The summed E-state index contributed by atoms with van der Waals surface area (Å²) < 4.78 is 32.4. The molecule has 0 bridgehead atoms. The summed E-state index contributed by atoms with van der Waals surface area (Å²) in [5, 5.41) is 34.0. The number of carbonyl (C=O) groups excluding carboxylic acids is 6. The lowest BCUT2D eigenvalue weighted by Crippen LogP contribution is -2.30. The molecule has 104 heavy (non-hydrogen) atoms. The third-order valence-corrected chi connectivity index (χ3v) is 17.4. The molecular formula is C81H104Cl3N7O13. The number of Topliss-reactive ketones (excluding diaryl/α,β-unsaturated/α-hetero) is 3. The van der Waals surface area contributed by atoms with E-state index in [2.05, 4.69) is 40.9 Å². The van der Waals surface area contributed by atoms with E-state index in [1.807, 2.05) is 91.8 Å². The summed E-state index contributed by atoms with van der Waals surface area (Å²) in [6.45, 7) is 22.3. The second kappa shape index (κ2) is 45.5. The van der Waals surface area contributed by atoms with E-state index >= 15 is 0 Å². The van der Waals surface area contributed by atoms with Gasteiger partial charge in [0.25, 0.3) is 0 Å². The molecule has 2 unspecified atom stereocenters. The van der Waals surface area contributed by atoms with Crippen LogP contribution in [0.5, 0.6) is 17.2 Å². The first kappa shape index (κ1) is 87.7. The molecule has 5 atom stereocenters. The number of aliphatic hydroxyl groups excluding tert-OH is 1. The SMILES string of the molecule is C1CCOC1.CC(C)C(N)CO.CNC(=O)[C@@H](CC(=O)c1ccc(OC(C)C)c(Cl)c1)Cc1ccc(C#N)cc1.CNC(=O)[C@@H](CC(=O)c1ccc(OC(C)C)c(Cl)c1)Cc1ccc(C(=N)OC)cc1.CNC(=O)[C@@H](CC(=O)c1ccc(OC(C)C)c(Cl)c1)Cc1ccc(C2=NC(C(C)C)CO2)cc1. The Balaban J connectivity index is 0.000000305. The Morgan fingerprint density at radius 2 is 0.913 bits per heavy atom. The van der Waals surface area contributed by atoms with Crippen LogP contribution in [0.2, 0.25) is 15.1 Å². The molecule has 0 aromatic heterocycles. The Bertz CT molecular complexity index is 3810. The number of rotatable bonds is 29. The zero-order valence-corrected chi connectivity index (χ0v) is 64.6. The lowest BCUT2D eigenvalue weighted by atomic mass is 9.91. The van der Waals surface area contributed by atoms with E-state index in [1.165, 1.54) is 20.0 Å². The highest BCUT2D eigenvalue weighted by atomic mass is 35.5. The molecule has 23 heteroatoms. The van der Waals surface area contributed by atoms with Crippen LogP contribution < -0.4 is 35.9 Å². The molecule has 8 rings (SSSR count). The molecule has 2 aliphatic heterocycles. The molecule has 6 aromatic carbocycles. The van der Waals surface area contributed by atoms with Crippen molar-refractivity contribution in [1.29, 1.82) is 10.7 Å². The largest absolute Gasteiger partial charge is 0.489 e. The molecular weight excluding hydrogens is 1390 g/mol. The summed E-state index contributed by atoms with van der Waals surface area (Å²) in [7, 11) is 6.13. The molecule has 1 saturated heterocycles. The minimum Gasteiger partial charge on any atom is -0.489 e. The number of methoxy groups -OCH3 is 1. The Labute approximate surface area is 628 Å². The number of ketones is 3. The standard InChI is InChI=1S/C27H33ClN2O4.C23H27ClN2O4.C22H23ClN2O3.C5H13NO.C4H8O/c1-16(2)23-15-33-27(30-23)19-8-6-18(7-9-19)12-21(26(32)29-5)14-24(31)20-10-11-25(22(28)13-20)34-17(3)4;1-14(2)30-21-10-9-17(12-19(21)24)20(27)13-18(23(28)26-3)11-15-5-7-16(8-6-15)22(25)29-4;1-14(2)28-21-9-8-17(11-19(21)23)20(26)12-18(22(27)25-3)10-15-4-6-16(13-24)7-5-15;1-4(2)5(6)3-7;1-2-4-5-3-1/h6-11,13,16-17,21,23H,12,14-15H2,1-5H3,(H,29,32);5-10,12,14,18,25H,11,13H2,1-4H3,(H,26,28);4-9,11,14,18H,10,12H2,1-3H3,(H,25,27);4-5,7H,3,6H2,1-2H3;1-4H2/t21-,23?;2*18-;;/m111../s1. The first-order valence-corrected chi connectivity index (χ1v) is 36.2. The Morgan fingerprint density at radius 3 is 1.17 bits per heavy atom. The van der Waals surface area contributed by atoms with Crippen LogP contribution in [-0.4, -0.2) is 137 Å². The number of hydrogen-bond acceptors (Lipinski definition) is 17. The van der Waals surface area contributed by atoms with Gasteiger partial charge in [-0.2, -0.15) is 5.26 Å². The first-order chi connectivity index (χ1) is 49.4. The van der Waals surface area contributed by atoms with Crippen molar-refractivity contribution in [3.05, 3.63) is 193 Å². The van der Waals surface area contributed by atoms with Gasteiger partial charge in [-0.25, -0.2) is 4.99 Å². The van der Waals surface area contributed by atoms with Crippen LogP contribution in [-0.2, 0) is 47.9 Å². The van der Waals surface area contributed by atoms with Gasteiger partial charge in [0.05, 0.1) is 64.8 Å². The van der Waals surface area contributed by atoms with E-state index in [1.54, 1.807) is 112 Å². The highest BCUT2D eigenvalue weighted by Crippen LogP contribution is 2.32. The van der Waals surface area contributed by atoms with Crippen molar-refractivity contribution >= 4 is 81.7 Å². The fourth-order valence-electron chi connectivity index (χ4n) is 10.4. The lowest BCUT2D eigenvalue weighted by molar-refractivity contribution is -0.125. The van der Waals surface area contributed by atoms with Gasteiger partial charge in [0, 0.05) is 105 Å². The molecule has 0 radical (unpaired) electrons. The van der Waals surface area contributed by atoms with Gasteiger partial charge in [-0.1, -0.05) is 98.9 Å². The second-order valence-corrected chi connectivity index (χ2v) is 27.8. The fraction of sp³-hybridized carbons (Fsp3) is 0.444. The summed E-state index contributed by atoms with van der Waals surface area (Å²) in [6.07, 6.45) is 3.91. The van der Waals surface area contributed by atoms with E-state index in [0.717, 1.165) is 35.5 Å². The van der Waals surface area contributed by atoms with E-state index < -0.39 is 17.8 Å². The van der Waals surface area contributed by atoms with Crippen LogP contribution >= 0.6 is 34.8 Å². The highest BCUT2D eigenvalue weighted by molar-refractivity contribution is 6.33. The van der Waals surface area contributed by atoms with Gasteiger partial charge >= 0.3 is 0 Å². The number of nitrogens with two attached hydrogens (primary N) is 1. The average Bonchev–Trinajstić information content (AvgIpc) is 0.998. The highest BCUT2D eigenvalue weighted by Gasteiger charge is 2.28. The monoisotopic (exact) mass is 1490 g/mol. The minimum atomic E-state index is -0.527. The molecule has 1 fully saturated rings. The number of benzene rings is 6. The van der Waals surface area contributed by atoms with Crippen LogP contribution in [0.4, 0.5) is 0 Å². The number of aliphatic imine (C=N–C) groups is 1. The first-order valence-electron chi connectivity index (χ1n) is 35.0. The van der Waals surface area contributed by atoms with Crippen molar-refractivity contribution < 1.29 is 62.3 Å². The van der Waals surface area contributed by atoms with E-state index in [9.17, 15) is 28.8 Å². The molecule has 2 aliphatic rings. The number of aliphatic hydroxyl groups is 1. The third kappa shape index (κ3) is 30.2. The number of halogens is 3. The lowest BCUT2D eigenvalue weighted by Gasteiger charge is -2.16. The third-order valence-electron chi connectivity index (χ3n) is 16.5. The number of hydrogen-bond donors (Lipinski definition) is 6. The van der Waals surface area contributed by atoms with Gasteiger partial charge in [0.2, 0.25) is 29.5 Å². The number of ether oxygens (including phenoxy) is 6. The number of nitrogens with zero attached hydrogens (tertiary/aromatic N) is 2. The predicted octanol–water partition coefficient (Wildman–Crippen LogP) is 14.3. The Morgan fingerprint density at radius 1 is 0.567 bits per heavy atom. The topological polar surface area (TPSA) is 300 Å². The van der Waals surface area contributed by atoms with Crippen molar-refractivity contribution in [1.82, 2.24) is 16.0 Å². The smallest absolute Gasteiger partial charge is 0.223 e. The molecule has 20 nitrogen and oxygen atoms in total. The summed E-state index contributed by atoms with van der Waals surface area (Å²) in [4.78, 5) is 80.4. The molecule has 0 aliphatic carbocycles. The van der Waals surface area contributed by atoms with Gasteiger partial charge in [-0.05, 0) is 193 Å². The number of nitriles is 1. The molecule has 0 spiro atoms. The van der Waals surface area contributed by atoms with Gasteiger partial charge in [0.15, 0.2) is 17.3 Å². The average molecular weight is 1490 g/mol. The van der Waals surface area contributed by atoms with Crippen molar-refractivity contribution in [2.45, 2.75) is 151 Å². The van der Waals surface area contributed by atoms with Crippen LogP contribution in [0.3, 0.4) is 0 Å². The van der Waals surface area contributed by atoms with Crippen molar-refractivity contribution in [2.24, 2.45) is 40.3 Å². The maximum absolute atomic E-state index is 13.0. The normalized spacial score (nSPS) is 14.0. The summed E-state index contributed by atoms with van der Waals surface area (Å²) in [6, 6.07) is 39.0. The molecule has 562 valence electrons. The molecule has 7 N–H and O–H groups in total. The maximum Gasteiger partial charge on any atom is 0.223 e. The van der Waals surface area contributed by atoms with E-state index in [-0.39, 0.29) is 97.2 Å². The van der Waals surface area contributed by atoms with Crippen LogP contribution in [0.15, 0.2) is 132 Å². The molecule has 0 saturated carbocycles. The fourth-order valence-corrected chi connectivity index (χ4v) is 11.0. The van der Waals surface area contributed by atoms with E-state index in [0.29, 0.717) is 104 Å². The van der Waals surface area contributed by atoms with Crippen LogP contribution in [0, 0.1) is 46.3 Å². The summed E-state index contributed by atoms with van der Waals surface area (Å²) in [5.74, 6) is 0.519. The Hall–Kier alpha value is -8.68. The number of nitrogens with one attached hydrogen (secondary N) is 4. The van der Waals surface area contributed by atoms with Gasteiger partial charge < -0.3 is 55.2 Å². The quantitative estimate of drug-likeness (QED) is 0.0144. The second-order valence-electron chi connectivity index (χ2n) is 26.6. The zero-order chi connectivity index (χ0) is 77.2. The molecule has 3 amide bonds. The van der Waals surface area contributed by atoms with Crippen LogP contribution in [0.1, 0.15) is 166 Å². The number of carbonyl (C=O) groups is 6. The predicted molar refractivity (Wildman–Crippen MR) is 411 cm³/mol. The van der Waals surface area contributed by atoms with Gasteiger partial charge in [-0.15, -0.1) is 0 Å². The zero-order valence-electron chi connectivity index (χ0n) is 62.3. The summed E-state index contributed by atoms with van der Waals surface area (Å²) >= 11 is 18.8.